The molecule has 2 N–H and O–H groups in total. The standard InChI is InChI=1S/C8H15NO/c1-3-4-7-10-8(2)5-6-9/h8H,3,5-6,9H2,1-2H3. The molecular formula is C8H15NO. The molecule has 1 atom stereocenters. The summed E-state index contributed by atoms with van der Waals surface area (Å²) in [6.45, 7) is 4.62. The fourth-order valence-electron chi connectivity index (χ4n) is 0.508. The molecule has 58 valence electrons. The Balaban J connectivity index is 3.29. The summed E-state index contributed by atoms with van der Waals surface area (Å²) in [4.78, 5) is 0. The third-order valence-corrected chi connectivity index (χ3v) is 1.08. The molecular weight excluding hydrogens is 126 g/mol. The van der Waals surface area contributed by atoms with Gasteiger partial charge >= 0.3 is 0 Å². The average Bonchev–Trinajstić information content (AvgIpc) is 1.89. The lowest BCUT2D eigenvalue weighted by Crippen LogP contribution is -2.11. The fourth-order valence-corrected chi connectivity index (χ4v) is 0.508. The SMILES string of the molecule is CCC#COC(C)CCN. The minimum Gasteiger partial charge on any atom is -0.444 e. The van der Waals surface area contributed by atoms with E-state index in [0.29, 0.717) is 6.54 Å². The van der Waals surface area contributed by atoms with Crippen LogP contribution in [0.2, 0.25) is 0 Å². The first-order valence-corrected chi connectivity index (χ1v) is 3.64. The van der Waals surface area contributed by atoms with Gasteiger partial charge in [0.15, 0.2) is 0 Å². The summed E-state index contributed by atoms with van der Waals surface area (Å²) in [7, 11) is 0. The van der Waals surface area contributed by atoms with Crippen molar-refractivity contribution in [3.63, 3.8) is 0 Å². The van der Waals surface area contributed by atoms with Crippen molar-refractivity contribution in [2.24, 2.45) is 5.73 Å². The van der Waals surface area contributed by atoms with Crippen molar-refractivity contribution in [2.75, 3.05) is 6.54 Å². The highest BCUT2D eigenvalue weighted by Crippen LogP contribution is 1.92. The van der Waals surface area contributed by atoms with Gasteiger partial charge < -0.3 is 10.5 Å². The molecule has 10 heavy (non-hydrogen) atoms. The van der Waals surface area contributed by atoms with Crippen LogP contribution in [-0.4, -0.2) is 12.6 Å². The molecule has 0 saturated heterocycles. The number of nitrogens with two attached hydrogens (primary N) is 1. The van der Waals surface area contributed by atoms with Gasteiger partial charge in [-0.15, -0.1) is 0 Å². The second kappa shape index (κ2) is 6.44. The zero-order chi connectivity index (χ0) is 7.82. The summed E-state index contributed by atoms with van der Waals surface area (Å²) >= 11 is 0. The Morgan fingerprint density at radius 3 is 2.80 bits per heavy atom. The summed E-state index contributed by atoms with van der Waals surface area (Å²) in [5.74, 6) is 2.82. The maximum Gasteiger partial charge on any atom is 0.110 e. The van der Waals surface area contributed by atoms with Gasteiger partial charge in [-0.2, -0.15) is 0 Å². The summed E-state index contributed by atoms with van der Waals surface area (Å²) in [6.07, 6.45) is 4.50. The number of hydrogen-bond acceptors (Lipinski definition) is 2. The maximum absolute atomic E-state index is 5.31. The highest BCUT2D eigenvalue weighted by molar-refractivity contribution is 4.90. The van der Waals surface area contributed by atoms with Crippen LogP contribution >= 0.6 is 0 Å². The molecule has 0 aromatic rings. The Hall–Kier alpha value is -0.680. The van der Waals surface area contributed by atoms with E-state index < -0.39 is 0 Å². The van der Waals surface area contributed by atoms with Crippen molar-refractivity contribution < 1.29 is 4.74 Å². The van der Waals surface area contributed by atoms with Crippen LogP contribution in [0.4, 0.5) is 0 Å². The van der Waals surface area contributed by atoms with Crippen LogP contribution in [0.5, 0.6) is 0 Å². The number of hydrogen-bond donors (Lipinski definition) is 1. The lowest BCUT2D eigenvalue weighted by atomic mass is 10.3. The van der Waals surface area contributed by atoms with Gasteiger partial charge in [-0.1, -0.05) is 12.8 Å². The van der Waals surface area contributed by atoms with Crippen LogP contribution in [-0.2, 0) is 4.74 Å². The molecule has 0 spiro atoms. The summed E-state index contributed by atoms with van der Waals surface area (Å²) < 4.78 is 5.08. The first-order valence-electron chi connectivity index (χ1n) is 3.64. The van der Waals surface area contributed by atoms with Gasteiger partial charge in [0.25, 0.3) is 0 Å². The lowest BCUT2D eigenvalue weighted by molar-refractivity contribution is 0.177. The largest absolute Gasteiger partial charge is 0.444 e. The normalized spacial score (nSPS) is 11.5. The van der Waals surface area contributed by atoms with Crippen LogP contribution in [0.1, 0.15) is 26.7 Å². The minimum absolute atomic E-state index is 0.170. The van der Waals surface area contributed by atoms with E-state index in [1.165, 1.54) is 0 Å². The van der Waals surface area contributed by atoms with Crippen molar-refractivity contribution in [3.8, 4) is 12.0 Å². The molecule has 0 saturated carbocycles. The van der Waals surface area contributed by atoms with Gasteiger partial charge in [0.2, 0.25) is 0 Å². The topological polar surface area (TPSA) is 35.2 Å². The van der Waals surface area contributed by atoms with Crippen molar-refractivity contribution in [2.45, 2.75) is 32.8 Å². The zero-order valence-corrected chi connectivity index (χ0v) is 6.68. The van der Waals surface area contributed by atoms with Gasteiger partial charge in [0, 0.05) is 6.42 Å². The zero-order valence-electron chi connectivity index (χ0n) is 6.68. The van der Waals surface area contributed by atoms with Gasteiger partial charge in [-0.25, -0.2) is 0 Å². The first-order chi connectivity index (χ1) is 4.81. The Bertz CT molecular complexity index is 123. The predicted molar refractivity (Wildman–Crippen MR) is 42.3 cm³/mol. The van der Waals surface area contributed by atoms with Crippen molar-refractivity contribution in [3.05, 3.63) is 0 Å². The van der Waals surface area contributed by atoms with Crippen LogP contribution in [0, 0.1) is 12.0 Å². The average molecular weight is 141 g/mol. The monoisotopic (exact) mass is 141 g/mol. The Labute approximate surface area is 62.7 Å². The lowest BCUT2D eigenvalue weighted by Gasteiger charge is -2.05. The third kappa shape index (κ3) is 5.46. The van der Waals surface area contributed by atoms with Gasteiger partial charge in [0.05, 0.1) is 0 Å². The third-order valence-electron chi connectivity index (χ3n) is 1.08. The van der Waals surface area contributed by atoms with Crippen LogP contribution in [0.25, 0.3) is 0 Å². The molecule has 0 aliphatic carbocycles. The van der Waals surface area contributed by atoms with E-state index in [4.69, 9.17) is 10.5 Å². The molecule has 0 aromatic carbocycles. The first kappa shape index (κ1) is 9.32. The van der Waals surface area contributed by atoms with Crippen molar-refractivity contribution in [1.29, 1.82) is 0 Å². The fraction of sp³-hybridized carbons (Fsp3) is 0.750. The summed E-state index contributed by atoms with van der Waals surface area (Å²) in [5.41, 5.74) is 5.31. The molecule has 1 unspecified atom stereocenters. The molecule has 0 heterocycles. The van der Waals surface area contributed by atoms with Crippen molar-refractivity contribution in [1.82, 2.24) is 0 Å². The molecule has 0 radical (unpaired) electrons. The molecule has 0 rings (SSSR count). The molecule has 2 nitrogen and oxygen atoms in total. The number of ether oxygens (including phenoxy) is 1. The smallest absolute Gasteiger partial charge is 0.110 e. The quantitative estimate of drug-likeness (QED) is 0.597. The second-order valence-electron chi connectivity index (χ2n) is 2.14. The predicted octanol–water partition coefficient (Wildman–Crippen LogP) is 1.11. The molecule has 2 heteroatoms. The summed E-state index contributed by atoms with van der Waals surface area (Å²) in [5, 5.41) is 0. The Morgan fingerprint density at radius 1 is 1.60 bits per heavy atom. The van der Waals surface area contributed by atoms with Crippen molar-refractivity contribution >= 4 is 0 Å². The molecule has 0 aliphatic rings. The van der Waals surface area contributed by atoms with E-state index >= 15 is 0 Å². The molecule has 0 fully saturated rings. The molecule has 0 bridgehead atoms. The highest BCUT2D eigenvalue weighted by atomic mass is 16.5. The summed E-state index contributed by atoms with van der Waals surface area (Å²) in [6, 6.07) is 0. The highest BCUT2D eigenvalue weighted by Gasteiger charge is 1.96. The molecule has 0 aliphatic heterocycles. The minimum atomic E-state index is 0.170. The Kier molecular flexibility index (Phi) is 6.00. The van der Waals surface area contributed by atoms with Crippen LogP contribution in [0.3, 0.4) is 0 Å². The Morgan fingerprint density at radius 2 is 2.30 bits per heavy atom. The van der Waals surface area contributed by atoms with E-state index in [1.54, 1.807) is 0 Å². The van der Waals surface area contributed by atoms with E-state index in [9.17, 15) is 0 Å². The van der Waals surface area contributed by atoms with E-state index in [-0.39, 0.29) is 6.10 Å². The second-order valence-corrected chi connectivity index (χ2v) is 2.14. The number of rotatable bonds is 3. The van der Waals surface area contributed by atoms with Crippen LogP contribution < -0.4 is 5.73 Å². The van der Waals surface area contributed by atoms with Gasteiger partial charge in [0.1, 0.15) is 12.2 Å². The van der Waals surface area contributed by atoms with E-state index in [2.05, 4.69) is 12.0 Å². The molecule has 0 amide bonds. The van der Waals surface area contributed by atoms with E-state index in [0.717, 1.165) is 12.8 Å². The van der Waals surface area contributed by atoms with E-state index in [1.807, 2.05) is 13.8 Å². The van der Waals surface area contributed by atoms with Gasteiger partial charge in [-0.3, -0.25) is 0 Å². The van der Waals surface area contributed by atoms with Crippen LogP contribution in [0.15, 0.2) is 0 Å². The maximum atomic E-state index is 5.31. The molecule has 0 aromatic heterocycles. The van der Waals surface area contributed by atoms with Gasteiger partial charge in [-0.05, 0) is 19.9 Å².